The van der Waals surface area contributed by atoms with Gasteiger partial charge < -0.3 is 4.55 Å². The standard InChI is InChI=1S/C7H15NOS/c1-7(2,3)8-4-5-10(9)6-8/h4-6H2,1-3H3. The van der Waals surface area contributed by atoms with Crippen LogP contribution in [0.15, 0.2) is 0 Å². The summed E-state index contributed by atoms with van der Waals surface area (Å²) in [6.45, 7) is 7.48. The van der Waals surface area contributed by atoms with E-state index >= 15 is 0 Å². The third-order valence-corrected chi connectivity index (χ3v) is 3.07. The van der Waals surface area contributed by atoms with Crippen LogP contribution >= 0.6 is 0 Å². The van der Waals surface area contributed by atoms with E-state index in [1.807, 2.05) is 0 Å². The summed E-state index contributed by atoms with van der Waals surface area (Å²) < 4.78 is 11.0. The molecule has 0 aliphatic carbocycles. The Labute approximate surface area is 65.8 Å². The fourth-order valence-corrected chi connectivity index (χ4v) is 2.46. The van der Waals surface area contributed by atoms with E-state index < -0.39 is 11.2 Å². The molecule has 1 fully saturated rings. The summed E-state index contributed by atoms with van der Waals surface area (Å²) in [5.41, 5.74) is 0.201. The van der Waals surface area contributed by atoms with Gasteiger partial charge in [0.1, 0.15) is 5.75 Å². The van der Waals surface area contributed by atoms with Crippen molar-refractivity contribution in [1.29, 1.82) is 0 Å². The molecule has 0 aromatic rings. The Balaban J connectivity index is 2.45. The molecular formula is C7H15NOS. The first-order valence-electron chi connectivity index (χ1n) is 3.60. The first-order chi connectivity index (χ1) is 4.50. The van der Waals surface area contributed by atoms with Gasteiger partial charge >= 0.3 is 0 Å². The zero-order valence-electron chi connectivity index (χ0n) is 6.89. The summed E-state index contributed by atoms with van der Waals surface area (Å²) in [4.78, 5) is 2.27. The lowest BCUT2D eigenvalue weighted by Gasteiger charge is -2.28. The second-order valence-electron chi connectivity index (χ2n) is 3.71. The van der Waals surface area contributed by atoms with Gasteiger partial charge in [0.15, 0.2) is 5.88 Å². The normalized spacial score (nSPS) is 29.4. The highest BCUT2D eigenvalue weighted by Gasteiger charge is 2.31. The lowest BCUT2D eigenvalue weighted by Crippen LogP contribution is -2.39. The van der Waals surface area contributed by atoms with Gasteiger partial charge in [-0.15, -0.1) is 0 Å². The van der Waals surface area contributed by atoms with Gasteiger partial charge in [-0.25, -0.2) is 0 Å². The Morgan fingerprint density at radius 1 is 1.40 bits per heavy atom. The third kappa shape index (κ3) is 1.87. The molecule has 1 saturated heterocycles. The van der Waals surface area contributed by atoms with Gasteiger partial charge in [0, 0.05) is 12.1 Å². The van der Waals surface area contributed by atoms with Crippen molar-refractivity contribution in [2.24, 2.45) is 0 Å². The molecule has 1 aliphatic rings. The molecule has 1 atom stereocenters. The zero-order chi connectivity index (χ0) is 7.78. The van der Waals surface area contributed by atoms with E-state index in [4.69, 9.17) is 0 Å². The molecule has 0 aromatic carbocycles. The van der Waals surface area contributed by atoms with Crippen LogP contribution < -0.4 is 0 Å². The maximum atomic E-state index is 11.0. The van der Waals surface area contributed by atoms with Crippen molar-refractivity contribution in [2.45, 2.75) is 26.3 Å². The molecule has 0 bridgehead atoms. The molecule has 0 aromatic heterocycles. The van der Waals surface area contributed by atoms with E-state index in [0.29, 0.717) is 0 Å². The van der Waals surface area contributed by atoms with E-state index in [1.165, 1.54) is 0 Å². The van der Waals surface area contributed by atoms with Gasteiger partial charge in [-0.2, -0.15) is 0 Å². The third-order valence-electron chi connectivity index (χ3n) is 1.84. The number of hydrogen-bond acceptors (Lipinski definition) is 2. The van der Waals surface area contributed by atoms with Crippen molar-refractivity contribution < 1.29 is 4.55 Å². The van der Waals surface area contributed by atoms with Crippen molar-refractivity contribution in [3.05, 3.63) is 0 Å². The van der Waals surface area contributed by atoms with E-state index in [0.717, 1.165) is 18.2 Å². The topological polar surface area (TPSA) is 26.3 Å². The lowest BCUT2D eigenvalue weighted by molar-refractivity contribution is 0.185. The molecule has 0 radical (unpaired) electrons. The molecule has 10 heavy (non-hydrogen) atoms. The molecule has 1 rings (SSSR count). The molecular weight excluding hydrogens is 146 g/mol. The van der Waals surface area contributed by atoms with Crippen LogP contribution in [-0.4, -0.2) is 33.2 Å². The summed E-state index contributed by atoms with van der Waals surface area (Å²) in [6, 6.07) is 0. The van der Waals surface area contributed by atoms with Crippen LogP contribution in [0.25, 0.3) is 0 Å². The average Bonchev–Trinajstić information content (AvgIpc) is 2.11. The van der Waals surface area contributed by atoms with Crippen LogP contribution in [0.4, 0.5) is 0 Å². The molecule has 0 spiro atoms. The minimum atomic E-state index is -0.573. The van der Waals surface area contributed by atoms with Crippen LogP contribution in [0, 0.1) is 0 Å². The highest BCUT2D eigenvalue weighted by molar-refractivity contribution is 7.91. The van der Waals surface area contributed by atoms with E-state index in [2.05, 4.69) is 25.7 Å². The monoisotopic (exact) mass is 161 g/mol. The van der Waals surface area contributed by atoms with Crippen molar-refractivity contribution in [3.8, 4) is 0 Å². The number of hydrogen-bond donors (Lipinski definition) is 0. The molecule has 2 nitrogen and oxygen atoms in total. The summed E-state index contributed by atoms with van der Waals surface area (Å²) in [7, 11) is 0. The summed E-state index contributed by atoms with van der Waals surface area (Å²) in [5, 5.41) is 0. The molecule has 1 unspecified atom stereocenters. The second kappa shape index (κ2) is 2.72. The molecule has 0 N–H and O–H groups in total. The van der Waals surface area contributed by atoms with Crippen LogP contribution in [0.3, 0.4) is 0 Å². The van der Waals surface area contributed by atoms with Crippen LogP contribution in [0.2, 0.25) is 0 Å². The maximum absolute atomic E-state index is 11.0. The van der Waals surface area contributed by atoms with Crippen LogP contribution in [0.1, 0.15) is 20.8 Å². The molecule has 1 heterocycles. The van der Waals surface area contributed by atoms with Gasteiger partial charge in [-0.1, -0.05) is 0 Å². The Bertz CT molecular complexity index is 121. The van der Waals surface area contributed by atoms with Crippen LogP contribution in [-0.2, 0) is 11.2 Å². The van der Waals surface area contributed by atoms with Gasteiger partial charge in [-0.05, 0) is 31.9 Å². The first kappa shape index (κ1) is 8.37. The van der Waals surface area contributed by atoms with Gasteiger partial charge in [-0.3, -0.25) is 4.90 Å². The van der Waals surface area contributed by atoms with Crippen molar-refractivity contribution in [1.82, 2.24) is 4.90 Å². The SMILES string of the molecule is CC(C)(C)N1CC[S+]([O-])C1. The predicted octanol–water partition coefficient (Wildman–Crippen LogP) is 0.807. The number of nitrogens with zero attached hydrogens (tertiary/aromatic N) is 1. The van der Waals surface area contributed by atoms with E-state index in [-0.39, 0.29) is 5.54 Å². The van der Waals surface area contributed by atoms with Crippen molar-refractivity contribution in [3.63, 3.8) is 0 Å². The highest BCUT2D eigenvalue weighted by atomic mass is 32.2. The Morgan fingerprint density at radius 3 is 2.20 bits per heavy atom. The molecule has 3 heteroatoms. The summed E-state index contributed by atoms with van der Waals surface area (Å²) >= 11 is -0.573. The molecule has 60 valence electrons. The largest absolute Gasteiger partial charge is 0.615 e. The molecule has 0 saturated carbocycles. The Morgan fingerprint density at radius 2 is 2.00 bits per heavy atom. The maximum Gasteiger partial charge on any atom is 0.160 e. The summed E-state index contributed by atoms with van der Waals surface area (Å²) in [5.74, 6) is 1.63. The quantitative estimate of drug-likeness (QED) is 0.491. The molecule has 1 aliphatic heterocycles. The minimum absolute atomic E-state index is 0.201. The summed E-state index contributed by atoms with van der Waals surface area (Å²) in [6.07, 6.45) is 0. The lowest BCUT2D eigenvalue weighted by atomic mass is 10.1. The fourth-order valence-electron chi connectivity index (χ4n) is 1.04. The smallest absolute Gasteiger partial charge is 0.160 e. The van der Waals surface area contributed by atoms with Crippen molar-refractivity contribution >= 4 is 11.2 Å². The van der Waals surface area contributed by atoms with E-state index in [1.54, 1.807) is 0 Å². The predicted molar refractivity (Wildman–Crippen MR) is 44.3 cm³/mol. The fraction of sp³-hybridized carbons (Fsp3) is 1.00. The zero-order valence-corrected chi connectivity index (χ0v) is 7.70. The Kier molecular flexibility index (Phi) is 2.28. The van der Waals surface area contributed by atoms with Crippen LogP contribution in [0.5, 0.6) is 0 Å². The molecule has 0 amide bonds. The second-order valence-corrected chi connectivity index (χ2v) is 5.25. The average molecular weight is 161 g/mol. The van der Waals surface area contributed by atoms with Gasteiger partial charge in [0.2, 0.25) is 0 Å². The number of rotatable bonds is 0. The Hall–Kier alpha value is 0.270. The van der Waals surface area contributed by atoms with Crippen molar-refractivity contribution in [2.75, 3.05) is 18.2 Å². The highest BCUT2D eigenvalue weighted by Crippen LogP contribution is 2.18. The minimum Gasteiger partial charge on any atom is -0.615 e. The van der Waals surface area contributed by atoms with Gasteiger partial charge in [0.25, 0.3) is 0 Å². The first-order valence-corrected chi connectivity index (χ1v) is 5.09. The van der Waals surface area contributed by atoms with Gasteiger partial charge in [0.05, 0.1) is 0 Å². The van der Waals surface area contributed by atoms with E-state index in [9.17, 15) is 4.55 Å².